The average molecular weight is 486 g/mol. The van der Waals surface area contributed by atoms with Crippen LogP contribution in [0.25, 0.3) is 11.3 Å². The second kappa shape index (κ2) is 9.51. The molecule has 2 aromatic rings. The highest BCUT2D eigenvalue weighted by Crippen LogP contribution is 2.29. The fourth-order valence-electron chi connectivity index (χ4n) is 3.37. The van der Waals surface area contributed by atoms with Crippen molar-refractivity contribution in [2.24, 2.45) is 0 Å². The van der Waals surface area contributed by atoms with Crippen molar-refractivity contribution < 1.29 is 36.3 Å². The molecule has 1 aromatic heterocycles. The number of aromatic nitrogens is 2. The number of benzene rings is 1. The molecule has 2 atom stereocenters. The third-order valence-electron chi connectivity index (χ3n) is 4.94. The Morgan fingerprint density at radius 1 is 1.18 bits per heavy atom. The van der Waals surface area contributed by atoms with Crippen molar-refractivity contribution in [3.63, 3.8) is 0 Å². The zero-order valence-electron chi connectivity index (χ0n) is 18.6. The summed E-state index contributed by atoms with van der Waals surface area (Å²) >= 11 is 0. The number of hydrogen-bond donors (Lipinski definition) is 1. The largest absolute Gasteiger partial charge is 0.444 e. The van der Waals surface area contributed by atoms with Crippen LogP contribution in [0.2, 0.25) is 0 Å². The highest BCUT2D eigenvalue weighted by Gasteiger charge is 2.43. The Morgan fingerprint density at radius 3 is 2.47 bits per heavy atom. The fourth-order valence-corrected chi connectivity index (χ4v) is 3.37. The summed E-state index contributed by atoms with van der Waals surface area (Å²) in [6, 6.07) is 2.33. The lowest BCUT2D eigenvalue weighted by Gasteiger charge is -2.28. The van der Waals surface area contributed by atoms with Gasteiger partial charge in [-0.05, 0) is 44.9 Å². The molecule has 0 aliphatic carbocycles. The molecular weight excluding hydrogens is 463 g/mol. The molecule has 1 fully saturated rings. The predicted molar refractivity (Wildman–Crippen MR) is 111 cm³/mol. The van der Waals surface area contributed by atoms with Crippen LogP contribution in [0, 0.1) is 5.82 Å². The third kappa shape index (κ3) is 5.97. The Morgan fingerprint density at radius 2 is 1.88 bits per heavy atom. The van der Waals surface area contributed by atoms with E-state index in [0.29, 0.717) is 11.8 Å². The minimum atomic E-state index is -4.68. The van der Waals surface area contributed by atoms with E-state index in [0.717, 1.165) is 17.2 Å². The van der Waals surface area contributed by atoms with Gasteiger partial charge in [0.25, 0.3) is 0 Å². The maximum atomic E-state index is 14.4. The van der Waals surface area contributed by atoms with E-state index in [1.807, 2.05) is 0 Å². The SMILES string of the molecule is CC(C)(C)OC(=O)N1CCC(F)C1C(=O)NCc1ccc(F)c(-c2cnc(C(F)(F)F)cn2)c1. The number of likely N-dealkylation sites (tertiary alicyclic amines) is 1. The van der Waals surface area contributed by atoms with Crippen LogP contribution in [-0.4, -0.2) is 51.2 Å². The average Bonchev–Trinajstić information content (AvgIpc) is 3.13. The molecule has 2 amide bonds. The lowest BCUT2D eigenvalue weighted by Crippen LogP contribution is -2.50. The minimum Gasteiger partial charge on any atom is -0.444 e. The van der Waals surface area contributed by atoms with Gasteiger partial charge in [0.1, 0.15) is 23.6 Å². The molecule has 12 heteroatoms. The molecular formula is C22H23F5N4O3. The molecule has 184 valence electrons. The number of nitrogens with zero attached hydrogens (tertiary/aromatic N) is 3. The lowest BCUT2D eigenvalue weighted by atomic mass is 10.1. The van der Waals surface area contributed by atoms with Crippen LogP contribution in [0.3, 0.4) is 0 Å². The van der Waals surface area contributed by atoms with Crippen molar-refractivity contribution in [1.29, 1.82) is 0 Å². The number of halogens is 5. The normalized spacial score (nSPS) is 18.6. The van der Waals surface area contributed by atoms with Crippen LogP contribution in [0.4, 0.5) is 26.7 Å². The van der Waals surface area contributed by atoms with Crippen molar-refractivity contribution in [1.82, 2.24) is 20.2 Å². The van der Waals surface area contributed by atoms with Crippen LogP contribution < -0.4 is 5.32 Å². The Bertz CT molecular complexity index is 1050. The van der Waals surface area contributed by atoms with Gasteiger partial charge in [0, 0.05) is 18.7 Å². The highest BCUT2D eigenvalue weighted by molar-refractivity contribution is 5.87. The van der Waals surface area contributed by atoms with E-state index in [-0.39, 0.29) is 30.8 Å². The molecule has 2 heterocycles. The number of ether oxygens (including phenoxy) is 1. The van der Waals surface area contributed by atoms with Gasteiger partial charge < -0.3 is 10.1 Å². The molecule has 1 aromatic carbocycles. The summed E-state index contributed by atoms with van der Waals surface area (Å²) < 4.78 is 72.0. The Balaban J connectivity index is 1.71. The highest BCUT2D eigenvalue weighted by atomic mass is 19.4. The number of amides is 2. The third-order valence-corrected chi connectivity index (χ3v) is 4.94. The van der Waals surface area contributed by atoms with Crippen LogP contribution in [0.1, 0.15) is 38.4 Å². The molecule has 0 radical (unpaired) electrons. The molecule has 1 N–H and O–H groups in total. The van der Waals surface area contributed by atoms with Crippen molar-refractivity contribution in [3.8, 4) is 11.3 Å². The van der Waals surface area contributed by atoms with E-state index in [1.54, 1.807) is 20.8 Å². The predicted octanol–water partition coefficient (Wildman–Crippen LogP) is 4.27. The van der Waals surface area contributed by atoms with Gasteiger partial charge in [-0.3, -0.25) is 14.7 Å². The van der Waals surface area contributed by atoms with Crippen molar-refractivity contribution >= 4 is 12.0 Å². The first-order chi connectivity index (χ1) is 15.8. The van der Waals surface area contributed by atoms with Crippen molar-refractivity contribution in [3.05, 3.63) is 47.7 Å². The van der Waals surface area contributed by atoms with Crippen LogP contribution in [0.15, 0.2) is 30.6 Å². The van der Waals surface area contributed by atoms with E-state index in [1.165, 1.54) is 12.1 Å². The van der Waals surface area contributed by atoms with Gasteiger partial charge in [-0.15, -0.1) is 0 Å². The number of alkyl halides is 4. The summed E-state index contributed by atoms with van der Waals surface area (Å²) in [7, 11) is 0. The van der Waals surface area contributed by atoms with E-state index in [2.05, 4.69) is 15.3 Å². The van der Waals surface area contributed by atoms with Crippen LogP contribution in [-0.2, 0) is 22.3 Å². The molecule has 0 spiro atoms. The zero-order valence-corrected chi connectivity index (χ0v) is 18.6. The van der Waals surface area contributed by atoms with Crippen molar-refractivity contribution in [2.45, 2.75) is 57.7 Å². The van der Waals surface area contributed by atoms with Gasteiger partial charge in [0.05, 0.1) is 18.1 Å². The number of hydrogen-bond acceptors (Lipinski definition) is 5. The van der Waals surface area contributed by atoms with Gasteiger partial charge in [-0.1, -0.05) is 6.07 Å². The van der Waals surface area contributed by atoms with Gasteiger partial charge in [-0.25, -0.2) is 18.6 Å². The first-order valence-corrected chi connectivity index (χ1v) is 10.4. The lowest BCUT2D eigenvalue weighted by molar-refractivity contribution is -0.141. The van der Waals surface area contributed by atoms with Crippen molar-refractivity contribution in [2.75, 3.05) is 6.54 Å². The number of rotatable bonds is 4. The van der Waals surface area contributed by atoms with Gasteiger partial charge in [-0.2, -0.15) is 13.2 Å². The fraction of sp³-hybridized carbons (Fsp3) is 0.455. The Hall–Kier alpha value is -3.31. The molecule has 2 unspecified atom stereocenters. The second-order valence-electron chi connectivity index (χ2n) is 8.74. The zero-order chi connectivity index (χ0) is 25.3. The monoisotopic (exact) mass is 486 g/mol. The van der Waals surface area contributed by atoms with E-state index < -0.39 is 47.5 Å². The van der Waals surface area contributed by atoms with Gasteiger partial charge in [0.15, 0.2) is 5.69 Å². The molecule has 0 saturated carbocycles. The first-order valence-electron chi connectivity index (χ1n) is 10.4. The molecule has 7 nitrogen and oxygen atoms in total. The summed E-state index contributed by atoms with van der Waals surface area (Å²) in [6.45, 7) is 4.81. The quantitative estimate of drug-likeness (QED) is 0.653. The molecule has 0 bridgehead atoms. The topological polar surface area (TPSA) is 84.4 Å². The number of carbonyl (C=O) groups is 2. The van der Waals surface area contributed by atoms with E-state index in [4.69, 9.17) is 4.74 Å². The summed E-state index contributed by atoms with van der Waals surface area (Å²) in [5.74, 6) is -1.50. The van der Waals surface area contributed by atoms with Crippen LogP contribution >= 0.6 is 0 Å². The summed E-state index contributed by atoms with van der Waals surface area (Å²) in [6.07, 6.45) is -5.80. The number of nitrogens with one attached hydrogen (secondary N) is 1. The summed E-state index contributed by atoms with van der Waals surface area (Å²) in [5.41, 5.74) is -1.91. The smallest absolute Gasteiger partial charge is 0.434 e. The molecule has 3 rings (SSSR count). The maximum absolute atomic E-state index is 14.4. The van der Waals surface area contributed by atoms with E-state index >= 15 is 0 Å². The standard InChI is InChI=1S/C22H23F5N4O3/c1-21(2,3)34-20(33)31-7-6-15(24)18(31)19(32)30-9-12-4-5-14(23)13(8-12)16-10-29-17(11-28-16)22(25,26)27/h4-5,8,10-11,15,18H,6-7,9H2,1-3H3,(H,30,32). The Labute approximate surface area is 192 Å². The van der Waals surface area contributed by atoms with Crippen LogP contribution in [0.5, 0.6) is 0 Å². The molecule has 34 heavy (non-hydrogen) atoms. The molecule has 1 saturated heterocycles. The molecule has 1 aliphatic rings. The second-order valence-corrected chi connectivity index (χ2v) is 8.74. The van der Waals surface area contributed by atoms with Gasteiger partial charge >= 0.3 is 12.3 Å². The number of carbonyl (C=O) groups excluding carboxylic acids is 2. The molecule has 1 aliphatic heterocycles. The first kappa shape index (κ1) is 25.3. The van der Waals surface area contributed by atoms with E-state index in [9.17, 15) is 31.5 Å². The minimum absolute atomic E-state index is 0.0153. The maximum Gasteiger partial charge on any atom is 0.434 e. The van der Waals surface area contributed by atoms with Gasteiger partial charge in [0.2, 0.25) is 5.91 Å². The summed E-state index contributed by atoms with van der Waals surface area (Å²) in [5, 5.41) is 2.51. The Kier molecular flexibility index (Phi) is 7.08. The summed E-state index contributed by atoms with van der Waals surface area (Å²) in [4.78, 5) is 32.9.